The van der Waals surface area contributed by atoms with E-state index in [1.54, 1.807) is 0 Å². The predicted octanol–water partition coefficient (Wildman–Crippen LogP) is 4.30. The number of thiocarbonyl (C=S) groups is 1. The number of benzene rings is 1. The molecular formula is C15H18F3NOS. The second-order valence-corrected chi connectivity index (χ2v) is 6.02. The van der Waals surface area contributed by atoms with Crippen molar-refractivity contribution >= 4 is 17.2 Å². The standard InChI is InChI=1S/C15H18F3NOS/c1-9-3-2-4-11(7-9)20-13-6-5-10(15(16,17)18)8-12(13)14(19)21/h5-6,8-9,11H,2-4,7H2,1H3,(H2,19,21). The summed E-state index contributed by atoms with van der Waals surface area (Å²) in [5, 5.41) is 0. The highest BCUT2D eigenvalue weighted by Crippen LogP contribution is 2.34. The van der Waals surface area contributed by atoms with Crippen molar-refractivity contribution in [1.82, 2.24) is 0 Å². The summed E-state index contributed by atoms with van der Waals surface area (Å²) in [6, 6.07) is 3.28. The Hall–Kier alpha value is -1.30. The fraction of sp³-hybridized carbons (Fsp3) is 0.533. The summed E-state index contributed by atoms with van der Waals surface area (Å²) in [6.45, 7) is 2.15. The summed E-state index contributed by atoms with van der Waals surface area (Å²) in [5.74, 6) is 0.904. The van der Waals surface area contributed by atoms with Gasteiger partial charge in [-0.2, -0.15) is 13.2 Å². The predicted molar refractivity (Wildman–Crippen MR) is 79.4 cm³/mol. The van der Waals surface area contributed by atoms with Crippen molar-refractivity contribution in [2.75, 3.05) is 0 Å². The van der Waals surface area contributed by atoms with Crippen LogP contribution in [0.4, 0.5) is 13.2 Å². The highest BCUT2D eigenvalue weighted by atomic mass is 32.1. The van der Waals surface area contributed by atoms with Crippen LogP contribution in [0.15, 0.2) is 18.2 Å². The molecule has 6 heteroatoms. The molecule has 1 saturated carbocycles. The molecule has 0 bridgehead atoms. The maximum atomic E-state index is 12.7. The Morgan fingerprint density at radius 1 is 1.33 bits per heavy atom. The highest BCUT2D eigenvalue weighted by molar-refractivity contribution is 7.80. The van der Waals surface area contributed by atoms with Gasteiger partial charge < -0.3 is 10.5 Å². The summed E-state index contributed by atoms with van der Waals surface area (Å²) >= 11 is 4.85. The molecule has 2 N–H and O–H groups in total. The number of rotatable bonds is 3. The maximum Gasteiger partial charge on any atom is 0.416 e. The molecule has 0 heterocycles. The third-order valence-corrected chi connectivity index (χ3v) is 3.97. The van der Waals surface area contributed by atoms with Crippen molar-refractivity contribution in [2.24, 2.45) is 11.7 Å². The minimum atomic E-state index is -4.42. The van der Waals surface area contributed by atoms with Crippen LogP contribution in [0.5, 0.6) is 5.75 Å². The van der Waals surface area contributed by atoms with E-state index < -0.39 is 11.7 Å². The topological polar surface area (TPSA) is 35.2 Å². The van der Waals surface area contributed by atoms with Crippen LogP contribution in [-0.4, -0.2) is 11.1 Å². The molecule has 2 atom stereocenters. The molecule has 2 rings (SSSR count). The lowest BCUT2D eigenvalue weighted by atomic mass is 9.88. The second-order valence-electron chi connectivity index (χ2n) is 5.58. The lowest BCUT2D eigenvalue weighted by molar-refractivity contribution is -0.137. The first-order valence-electron chi connectivity index (χ1n) is 6.95. The van der Waals surface area contributed by atoms with E-state index in [2.05, 4.69) is 6.92 Å². The number of hydrogen-bond acceptors (Lipinski definition) is 2. The molecule has 2 unspecified atom stereocenters. The molecule has 1 fully saturated rings. The molecular weight excluding hydrogens is 299 g/mol. The average molecular weight is 317 g/mol. The number of nitrogens with two attached hydrogens (primary N) is 1. The van der Waals surface area contributed by atoms with Gasteiger partial charge in [0.05, 0.1) is 17.2 Å². The number of alkyl halides is 3. The quantitative estimate of drug-likeness (QED) is 0.844. The SMILES string of the molecule is CC1CCCC(Oc2ccc(C(F)(F)F)cc2C(N)=S)C1. The Kier molecular flexibility index (Phi) is 4.76. The molecule has 0 spiro atoms. The van der Waals surface area contributed by atoms with Gasteiger partial charge in [0.15, 0.2) is 0 Å². The Balaban J connectivity index is 2.24. The number of ether oxygens (including phenoxy) is 1. The zero-order chi connectivity index (χ0) is 15.6. The Bertz CT molecular complexity index is 530. The lowest BCUT2D eigenvalue weighted by Gasteiger charge is -2.28. The molecule has 0 aliphatic heterocycles. The Morgan fingerprint density at radius 2 is 2.05 bits per heavy atom. The van der Waals surface area contributed by atoms with Gasteiger partial charge in [-0.3, -0.25) is 0 Å². The summed E-state index contributed by atoms with van der Waals surface area (Å²) < 4.78 is 44.1. The van der Waals surface area contributed by atoms with Crippen LogP contribution in [0, 0.1) is 5.92 Å². The molecule has 1 aliphatic rings. The lowest BCUT2D eigenvalue weighted by Crippen LogP contribution is -2.25. The van der Waals surface area contributed by atoms with E-state index in [0.29, 0.717) is 11.7 Å². The largest absolute Gasteiger partial charge is 0.490 e. The smallest absolute Gasteiger partial charge is 0.416 e. The molecule has 0 radical (unpaired) electrons. The molecule has 0 saturated heterocycles. The summed E-state index contributed by atoms with van der Waals surface area (Å²) in [7, 11) is 0. The van der Waals surface area contributed by atoms with E-state index in [4.69, 9.17) is 22.7 Å². The normalized spacial score (nSPS) is 22.9. The Morgan fingerprint density at radius 3 is 2.62 bits per heavy atom. The fourth-order valence-corrected chi connectivity index (χ4v) is 2.83. The van der Waals surface area contributed by atoms with E-state index in [-0.39, 0.29) is 16.7 Å². The highest BCUT2D eigenvalue weighted by Gasteiger charge is 2.32. The minimum absolute atomic E-state index is 0.0126. The van der Waals surface area contributed by atoms with Gasteiger partial charge in [-0.1, -0.05) is 25.6 Å². The molecule has 2 nitrogen and oxygen atoms in total. The van der Waals surface area contributed by atoms with Crippen molar-refractivity contribution in [1.29, 1.82) is 0 Å². The molecule has 1 aliphatic carbocycles. The summed E-state index contributed by atoms with van der Waals surface area (Å²) in [5.41, 5.74) is 4.93. The van der Waals surface area contributed by atoms with Gasteiger partial charge in [0.25, 0.3) is 0 Å². The first-order chi connectivity index (χ1) is 9.77. The van der Waals surface area contributed by atoms with Gasteiger partial charge in [-0.25, -0.2) is 0 Å². The third-order valence-electron chi connectivity index (χ3n) is 3.75. The summed E-state index contributed by atoms with van der Waals surface area (Å²) in [6.07, 6.45) is -0.375. The van der Waals surface area contributed by atoms with Crippen molar-refractivity contribution in [3.63, 3.8) is 0 Å². The van der Waals surface area contributed by atoms with Crippen molar-refractivity contribution in [2.45, 2.75) is 44.9 Å². The van der Waals surface area contributed by atoms with Crippen LogP contribution in [0.1, 0.15) is 43.7 Å². The first kappa shape index (κ1) is 16.1. The first-order valence-corrected chi connectivity index (χ1v) is 7.36. The van der Waals surface area contributed by atoms with Crippen molar-refractivity contribution in [3.05, 3.63) is 29.3 Å². The third kappa shape index (κ3) is 4.09. The van der Waals surface area contributed by atoms with E-state index >= 15 is 0 Å². The fourth-order valence-electron chi connectivity index (χ4n) is 2.67. The van der Waals surface area contributed by atoms with E-state index in [1.807, 2.05) is 0 Å². The van der Waals surface area contributed by atoms with Crippen LogP contribution < -0.4 is 10.5 Å². The van der Waals surface area contributed by atoms with E-state index in [1.165, 1.54) is 6.07 Å². The van der Waals surface area contributed by atoms with Crippen LogP contribution in [0.25, 0.3) is 0 Å². The van der Waals surface area contributed by atoms with Crippen LogP contribution in [-0.2, 0) is 6.18 Å². The number of hydrogen-bond donors (Lipinski definition) is 1. The monoisotopic (exact) mass is 317 g/mol. The minimum Gasteiger partial charge on any atom is -0.490 e. The van der Waals surface area contributed by atoms with E-state index in [9.17, 15) is 13.2 Å². The summed E-state index contributed by atoms with van der Waals surface area (Å²) in [4.78, 5) is -0.0834. The van der Waals surface area contributed by atoms with Crippen LogP contribution in [0.3, 0.4) is 0 Å². The van der Waals surface area contributed by atoms with Crippen LogP contribution in [0.2, 0.25) is 0 Å². The molecule has 1 aromatic rings. The zero-order valence-electron chi connectivity index (χ0n) is 11.7. The van der Waals surface area contributed by atoms with Gasteiger partial charge >= 0.3 is 6.18 Å². The van der Waals surface area contributed by atoms with Gasteiger partial charge in [-0.05, 0) is 43.4 Å². The molecule has 116 valence electrons. The maximum absolute atomic E-state index is 12.7. The second kappa shape index (κ2) is 6.22. The van der Waals surface area contributed by atoms with Gasteiger partial charge in [0.2, 0.25) is 0 Å². The van der Waals surface area contributed by atoms with Crippen LogP contribution >= 0.6 is 12.2 Å². The molecule has 21 heavy (non-hydrogen) atoms. The molecule has 0 amide bonds. The molecule has 0 aromatic heterocycles. The van der Waals surface area contributed by atoms with Crippen molar-refractivity contribution in [3.8, 4) is 5.75 Å². The van der Waals surface area contributed by atoms with E-state index in [0.717, 1.165) is 37.8 Å². The van der Waals surface area contributed by atoms with Gasteiger partial charge in [0, 0.05) is 0 Å². The van der Waals surface area contributed by atoms with Gasteiger partial charge in [-0.15, -0.1) is 0 Å². The van der Waals surface area contributed by atoms with Gasteiger partial charge in [0.1, 0.15) is 10.7 Å². The molecule has 1 aromatic carbocycles. The Labute approximate surface area is 127 Å². The van der Waals surface area contributed by atoms with Crippen molar-refractivity contribution < 1.29 is 17.9 Å². The average Bonchev–Trinajstić information content (AvgIpc) is 2.37. The zero-order valence-corrected chi connectivity index (χ0v) is 12.6. The number of halogens is 3.